The van der Waals surface area contributed by atoms with Crippen molar-refractivity contribution in [3.63, 3.8) is 0 Å². The molecule has 0 radical (unpaired) electrons. The summed E-state index contributed by atoms with van der Waals surface area (Å²) in [6.07, 6.45) is 1.82. The molecule has 1 aromatic heterocycles. The Balaban J connectivity index is 1.57. The van der Waals surface area contributed by atoms with Crippen LogP contribution in [0.25, 0.3) is 10.9 Å². The monoisotopic (exact) mass is 447 g/mol. The van der Waals surface area contributed by atoms with Crippen LogP contribution in [-0.4, -0.2) is 47.1 Å². The zero-order valence-electron chi connectivity index (χ0n) is 14.5. The lowest BCUT2D eigenvalue weighted by Gasteiger charge is -2.38. The molecular formula is C20H19BrClN3O2. The predicted molar refractivity (Wildman–Crippen MR) is 112 cm³/mol. The van der Waals surface area contributed by atoms with Crippen molar-refractivity contribution in [2.45, 2.75) is 6.04 Å². The number of fused-ring (bicyclic) bond motifs is 1. The van der Waals surface area contributed by atoms with Gasteiger partial charge >= 0.3 is 5.97 Å². The molecule has 1 fully saturated rings. The summed E-state index contributed by atoms with van der Waals surface area (Å²) in [7, 11) is 0. The van der Waals surface area contributed by atoms with E-state index in [1.54, 1.807) is 0 Å². The molecule has 4 rings (SSSR count). The molecule has 3 aromatic rings. The smallest absolute Gasteiger partial charge is 0.325 e. The first-order valence-electron chi connectivity index (χ1n) is 8.77. The van der Waals surface area contributed by atoms with Crippen LogP contribution in [0.4, 0.5) is 5.69 Å². The van der Waals surface area contributed by atoms with Crippen molar-refractivity contribution in [3.8, 4) is 0 Å². The average molecular weight is 449 g/mol. The van der Waals surface area contributed by atoms with Crippen LogP contribution in [0, 0.1) is 0 Å². The number of hydrogen-bond donors (Lipinski definition) is 2. The highest BCUT2D eigenvalue weighted by atomic mass is 79.9. The number of carboxylic acids is 1. The van der Waals surface area contributed by atoms with E-state index >= 15 is 0 Å². The topological polar surface area (TPSA) is 59.6 Å². The molecular weight excluding hydrogens is 430 g/mol. The molecule has 0 bridgehead atoms. The first kappa shape index (κ1) is 18.3. The van der Waals surface area contributed by atoms with Gasteiger partial charge in [0.05, 0.1) is 0 Å². The van der Waals surface area contributed by atoms with Gasteiger partial charge in [-0.3, -0.25) is 9.69 Å². The number of carbonyl (C=O) groups is 1. The minimum atomic E-state index is -0.827. The van der Waals surface area contributed by atoms with Gasteiger partial charge in [0.1, 0.15) is 6.04 Å². The largest absolute Gasteiger partial charge is 0.480 e. The van der Waals surface area contributed by atoms with E-state index in [2.05, 4.69) is 25.8 Å². The molecule has 0 spiro atoms. The minimum Gasteiger partial charge on any atom is -0.480 e. The summed E-state index contributed by atoms with van der Waals surface area (Å²) in [5.41, 5.74) is 2.82. The van der Waals surface area contributed by atoms with E-state index in [-0.39, 0.29) is 0 Å². The summed E-state index contributed by atoms with van der Waals surface area (Å²) >= 11 is 9.58. The van der Waals surface area contributed by atoms with Crippen molar-refractivity contribution in [2.24, 2.45) is 0 Å². The van der Waals surface area contributed by atoms with Crippen LogP contribution in [0.5, 0.6) is 0 Å². The Hall–Kier alpha value is -2.02. The van der Waals surface area contributed by atoms with Gasteiger partial charge in [-0.15, -0.1) is 0 Å². The average Bonchev–Trinajstić information content (AvgIpc) is 3.05. The lowest BCUT2D eigenvalue weighted by Crippen LogP contribution is -2.49. The molecule has 0 aliphatic carbocycles. The number of aliphatic carboxylic acids is 1. The van der Waals surface area contributed by atoms with Crippen LogP contribution in [0.3, 0.4) is 0 Å². The highest BCUT2D eigenvalue weighted by molar-refractivity contribution is 9.10. The number of aromatic nitrogens is 1. The van der Waals surface area contributed by atoms with Crippen LogP contribution < -0.4 is 4.90 Å². The first-order valence-corrected chi connectivity index (χ1v) is 9.94. The molecule has 5 nitrogen and oxygen atoms in total. The van der Waals surface area contributed by atoms with E-state index < -0.39 is 12.0 Å². The SMILES string of the molecule is O=C(O)[C@@H](c1c[nH]c2ccc(Br)cc12)N1CCN(c2cccc(Cl)c2)CC1. The van der Waals surface area contributed by atoms with E-state index in [9.17, 15) is 9.90 Å². The number of hydrogen-bond acceptors (Lipinski definition) is 3. The van der Waals surface area contributed by atoms with Crippen molar-refractivity contribution in [3.05, 3.63) is 63.7 Å². The van der Waals surface area contributed by atoms with Gasteiger partial charge in [0.25, 0.3) is 0 Å². The summed E-state index contributed by atoms with van der Waals surface area (Å²) in [6, 6.07) is 13.0. The molecule has 0 saturated carbocycles. The van der Waals surface area contributed by atoms with Crippen molar-refractivity contribution in [1.29, 1.82) is 0 Å². The van der Waals surface area contributed by atoms with Crippen molar-refractivity contribution in [1.82, 2.24) is 9.88 Å². The van der Waals surface area contributed by atoms with Crippen LogP contribution in [0.1, 0.15) is 11.6 Å². The van der Waals surface area contributed by atoms with Gasteiger partial charge in [-0.25, -0.2) is 0 Å². The van der Waals surface area contributed by atoms with E-state index in [1.165, 1.54) is 0 Å². The number of halogens is 2. The number of rotatable bonds is 4. The Labute approximate surface area is 170 Å². The van der Waals surface area contributed by atoms with Gasteiger partial charge in [-0.2, -0.15) is 0 Å². The number of H-pyrrole nitrogens is 1. The lowest BCUT2D eigenvalue weighted by atomic mass is 10.0. The molecule has 7 heteroatoms. The Morgan fingerprint density at radius 3 is 2.63 bits per heavy atom. The Kier molecular flexibility index (Phi) is 5.12. The Morgan fingerprint density at radius 1 is 1.15 bits per heavy atom. The van der Waals surface area contributed by atoms with Crippen molar-refractivity contribution < 1.29 is 9.90 Å². The molecule has 2 N–H and O–H groups in total. The summed E-state index contributed by atoms with van der Waals surface area (Å²) in [5, 5.41) is 11.6. The third-order valence-electron chi connectivity index (χ3n) is 5.06. The van der Waals surface area contributed by atoms with Crippen LogP contribution in [0.15, 0.2) is 53.1 Å². The summed E-state index contributed by atoms with van der Waals surface area (Å²) in [5.74, 6) is -0.827. The quantitative estimate of drug-likeness (QED) is 0.615. The lowest BCUT2D eigenvalue weighted by molar-refractivity contribution is -0.143. The number of carboxylic acid groups (broad SMARTS) is 1. The minimum absolute atomic E-state index is 0.671. The Bertz CT molecular complexity index is 982. The van der Waals surface area contributed by atoms with E-state index in [0.717, 1.165) is 39.7 Å². The molecule has 27 heavy (non-hydrogen) atoms. The van der Waals surface area contributed by atoms with Gasteiger partial charge in [0, 0.05) is 64.0 Å². The van der Waals surface area contributed by atoms with Crippen LogP contribution >= 0.6 is 27.5 Å². The zero-order valence-corrected chi connectivity index (χ0v) is 16.9. The number of aromatic amines is 1. The standard InChI is InChI=1S/C20H19BrClN3O2/c21-13-4-5-18-16(10-13)17(12-23-18)19(20(26)27)25-8-6-24(7-9-25)15-3-1-2-14(22)11-15/h1-5,10-12,19,23H,6-9H2,(H,26,27)/t19-/m1/s1. The molecule has 1 saturated heterocycles. The fourth-order valence-corrected chi connectivity index (χ4v) is 4.28. The molecule has 0 amide bonds. The second kappa shape index (κ2) is 7.54. The third kappa shape index (κ3) is 3.70. The molecule has 2 aromatic carbocycles. The number of anilines is 1. The van der Waals surface area contributed by atoms with Gasteiger partial charge in [-0.1, -0.05) is 33.6 Å². The maximum absolute atomic E-state index is 12.1. The van der Waals surface area contributed by atoms with Gasteiger partial charge in [0.15, 0.2) is 0 Å². The maximum Gasteiger partial charge on any atom is 0.325 e. The predicted octanol–water partition coefficient (Wildman–Crippen LogP) is 4.53. The molecule has 1 aliphatic heterocycles. The highest BCUT2D eigenvalue weighted by Gasteiger charge is 2.32. The second-order valence-corrected chi connectivity index (χ2v) is 8.03. The zero-order chi connectivity index (χ0) is 19.0. The van der Waals surface area contributed by atoms with Gasteiger partial charge < -0.3 is 15.0 Å². The number of piperazine rings is 1. The fourth-order valence-electron chi connectivity index (χ4n) is 3.74. The maximum atomic E-state index is 12.1. The first-order chi connectivity index (χ1) is 13.0. The molecule has 0 unspecified atom stereocenters. The molecule has 2 heterocycles. The van der Waals surface area contributed by atoms with E-state index in [0.29, 0.717) is 18.1 Å². The van der Waals surface area contributed by atoms with Crippen LogP contribution in [0.2, 0.25) is 5.02 Å². The number of nitrogens with zero attached hydrogens (tertiary/aromatic N) is 2. The molecule has 140 valence electrons. The number of nitrogens with one attached hydrogen (secondary N) is 1. The van der Waals surface area contributed by atoms with Crippen molar-refractivity contribution >= 4 is 50.1 Å². The van der Waals surface area contributed by atoms with Gasteiger partial charge in [-0.05, 0) is 36.4 Å². The fraction of sp³-hybridized carbons (Fsp3) is 0.250. The van der Waals surface area contributed by atoms with E-state index in [1.807, 2.05) is 53.6 Å². The van der Waals surface area contributed by atoms with Crippen LogP contribution in [-0.2, 0) is 4.79 Å². The van der Waals surface area contributed by atoms with Gasteiger partial charge in [0.2, 0.25) is 0 Å². The summed E-state index contributed by atoms with van der Waals surface area (Å²) in [4.78, 5) is 19.6. The molecule has 1 aliphatic rings. The summed E-state index contributed by atoms with van der Waals surface area (Å²) < 4.78 is 0.936. The third-order valence-corrected chi connectivity index (χ3v) is 5.79. The molecule has 1 atom stereocenters. The highest BCUT2D eigenvalue weighted by Crippen LogP contribution is 2.32. The normalized spacial score (nSPS) is 16.6. The second-order valence-electron chi connectivity index (χ2n) is 6.68. The van der Waals surface area contributed by atoms with E-state index in [4.69, 9.17) is 11.6 Å². The number of benzene rings is 2. The summed E-state index contributed by atoms with van der Waals surface area (Å²) in [6.45, 7) is 2.86. The Morgan fingerprint density at radius 2 is 1.93 bits per heavy atom. The van der Waals surface area contributed by atoms with Crippen molar-refractivity contribution in [2.75, 3.05) is 31.1 Å².